The van der Waals surface area contributed by atoms with Crippen LogP contribution in [-0.4, -0.2) is 49.7 Å². The molecule has 10 heteroatoms. The fourth-order valence-corrected chi connectivity index (χ4v) is 4.00. The quantitative estimate of drug-likeness (QED) is 0.554. The normalized spacial score (nSPS) is 15.7. The van der Waals surface area contributed by atoms with Crippen LogP contribution in [0.2, 0.25) is 0 Å². The summed E-state index contributed by atoms with van der Waals surface area (Å²) >= 11 is 0. The second-order valence-electron chi connectivity index (χ2n) is 6.97. The second-order valence-corrected chi connectivity index (χ2v) is 6.97. The average Bonchev–Trinajstić information content (AvgIpc) is 3.36. The first-order chi connectivity index (χ1) is 14.6. The second kappa shape index (κ2) is 6.83. The lowest BCUT2D eigenvalue weighted by atomic mass is 9.85. The van der Waals surface area contributed by atoms with Gasteiger partial charge in [0.25, 0.3) is 0 Å². The van der Waals surface area contributed by atoms with Crippen molar-refractivity contribution < 1.29 is 14.3 Å². The number of hydrogen-bond acceptors (Lipinski definition) is 7. The average molecular weight is 405 g/mol. The molecule has 1 aliphatic heterocycles. The zero-order valence-electron chi connectivity index (χ0n) is 16.7. The third-order valence-corrected chi connectivity index (χ3v) is 5.28. The van der Waals surface area contributed by atoms with E-state index in [2.05, 4.69) is 25.7 Å². The largest absolute Gasteiger partial charge is 0.493 e. The van der Waals surface area contributed by atoms with Crippen molar-refractivity contribution in [3.63, 3.8) is 0 Å². The van der Waals surface area contributed by atoms with E-state index in [1.165, 1.54) is 6.33 Å². The number of methoxy groups -OCH3 is 2. The fourth-order valence-electron chi connectivity index (χ4n) is 4.00. The van der Waals surface area contributed by atoms with Gasteiger partial charge in [0.05, 0.1) is 19.9 Å². The van der Waals surface area contributed by atoms with Crippen LogP contribution >= 0.6 is 0 Å². The minimum absolute atomic E-state index is 0.108. The maximum Gasteiger partial charge on any atom is 0.226 e. The standard InChI is InChI=1S/C20H19N7O3/c1-11-18-13(12-5-4-6-14(29-2)19(12)30-3)9-17(28)22-20(18)27(24-11)16-8-7-15-23-21-10-26(15)25-16/h4-8,10,13H,9H2,1-3H3,(H,22,28)/t13-/m0/s1. The number of carbonyl (C=O) groups is 1. The number of ether oxygens (including phenoxy) is 2. The lowest BCUT2D eigenvalue weighted by Gasteiger charge is -2.26. The first kappa shape index (κ1) is 18.1. The topological polar surface area (TPSA) is 108 Å². The van der Waals surface area contributed by atoms with E-state index in [4.69, 9.17) is 9.47 Å². The smallest absolute Gasteiger partial charge is 0.226 e. The Morgan fingerprint density at radius 2 is 2.00 bits per heavy atom. The number of nitrogens with one attached hydrogen (secondary N) is 1. The van der Waals surface area contributed by atoms with Crippen LogP contribution in [0.5, 0.6) is 11.5 Å². The molecule has 5 rings (SSSR count). The van der Waals surface area contributed by atoms with Crippen LogP contribution < -0.4 is 14.8 Å². The number of benzene rings is 1. The first-order valence-electron chi connectivity index (χ1n) is 9.38. The molecule has 1 aliphatic rings. The highest BCUT2D eigenvalue weighted by Crippen LogP contribution is 2.45. The fraction of sp³-hybridized carbons (Fsp3) is 0.250. The molecule has 1 amide bonds. The third-order valence-electron chi connectivity index (χ3n) is 5.28. The van der Waals surface area contributed by atoms with Crippen LogP contribution in [0.4, 0.5) is 5.82 Å². The highest BCUT2D eigenvalue weighted by molar-refractivity contribution is 5.95. The number of para-hydroxylation sites is 1. The lowest BCUT2D eigenvalue weighted by molar-refractivity contribution is -0.116. The molecule has 10 nitrogen and oxygen atoms in total. The van der Waals surface area contributed by atoms with Crippen molar-refractivity contribution in [2.45, 2.75) is 19.3 Å². The molecule has 0 unspecified atom stereocenters. The Morgan fingerprint density at radius 3 is 2.80 bits per heavy atom. The summed E-state index contributed by atoms with van der Waals surface area (Å²) in [5.74, 6) is 2.04. The molecule has 1 aromatic carbocycles. The van der Waals surface area contributed by atoms with Crippen LogP contribution in [0.3, 0.4) is 0 Å². The molecular formula is C20H19N7O3. The van der Waals surface area contributed by atoms with Crippen molar-refractivity contribution in [2.24, 2.45) is 0 Å². The summed E-state index contributed by atoms with van der Waals surface area (Å²) in [6, 6.07) is 9.27. The molecule has 30 heavy (non-hydrogen) atoms. The van der Waals surface area contributed by atoms with Crippen molar-refractivity contribution in [3.8, 4) is 17.3 Å². The van der Waals surface area contributed by atoms with Crippen LogP contribution in [0.25, 0.3) is 11.5 Å². The first-order valence-corrected chi connectivity index (χ1v) is 9.38. The maximum atomic E-state index is 12.7. The molecule has 4 aromatic rings. The molecule has 0 fully saturated rings. The molecule has 1 atom stereocenters. The van der Waals surface area contributed by atoms with E-state index in [0.717, 1.165) is 16.8 Å². The van der Waals surface area contributed by atoms with Crippen molar-refractivity contribution in [1.82, 2.24) is 29.6 Å². The summed E-state index contributed by atoms with van der Waals surface area (Å²) in [5.41, 5.74) is 3.22. The minimum atomic E-state index is -0.230. The van der Waals surface area contributed by atoms with E-state index < -0.39 is 0 Å². The van der Waals surface area contributed by atoms with Gasteiger partial charge in [0.2, 0.25) is 5.91 Å². The van der Waals surface area contributed by atoms with E-state index in [1.54, 1.807) is 35.5 Å². The van der Waals surface area contributed by atoms with Gasteiger partial charge in [-0.05, 0) is 25.1 Å². The highest BCUT2D eigenvalue weighted by Gasteiger charge is 2.35. The van der Waals surface area contributed by atoms with Crippen molar-refractivity contribution >= 4 is 17.4 Å². The van der Waals surface area contributed by atoms with Gasteiger partial charge in [-0.3, -0.25) is 4.79 Å². The predicted octanol–water partition coefficient (Wildman–Crippen LogP) is 2.11. The number of carbonyl (C=O) groups excluding carboxylic acids is 1. The van der Waals surface area contributed by atoms with Gasteiger partial charge in [-0.15, -0.1) is 15.3 Å². The molecule has 3 aromatic heterocycles. The van der Waals surface area contributed by atoms with Gasteiger partial charge in [-0.25, -0.2) is 0 Å². The SMILES string of the molecule is COc1cccc([C@@H]2CC(=O)Nc3c2c(C)nn3-c2ccc3nncn3n2)c1OC. The summed E-state index contributed by atoms with van der Waals surface area (Å²) in [6.07, 6.45) is 1.80. The third kappa shape index (κ3) is 2.68. The zero-order valence-corrected chi connectivity index (χ0v) is 16.7. The van der Waals surface area contributed by atoms with Crippen molar-refractivity contribution in [3.05, 3.63) is 53.5 Å². The number of nitrogens with zero attached hydrogens (tertiary/aromatic N) is 6. The van der Waals surface area contributed by atoms with Gasteiger partial charge in [-0.1, -0.05) is 12.1 Å². The van der Waals surface area contributed by atoms with Gasteiger partial charge in [0.15, 0.2) is 23.0 Å². The summed E-state index contributed by atoms with van der Waals surface area (Å²) in [7, 11) is 3.19. The molecular weight excluding hydrogens is 386 g/mol. The Labute approximate surface area is 171 Å². The Hall–Kier alpha value is -3.95. The van der Waals surface area contributed by atoms with Crippen molar-refractivity contribution in [2.75, 3.05) is 19.5 Å². The Balaban J connectivity index is 1.69. The van der Waals surface area contributed by atoms with E-state index in [0.29, 0.717) is 28.8 Å². The van der Waals surface area contributed by atoms with Gasteiger partial charge in [0.1, 0.15) is 12.1 Å². The molecule has 0 radical (unpaired) electrons. The number of aryl methyl sites for hydroxylation is 1. The zero-order chi connectivity index (χ0) is 20.8. The molecule has 0 spiro atoms. The number of amides is 1. The number of hydrogen-bond donors (Lipinski definition) is 1. The van der Waals surface area contributed by atoms with Crippen LogP contribution in [-0.2, 0) is 4.79 Å². The molecule has 152 valence electrons. The van der Waals surface area contributed by atoms with Crippen LogP contribution in [0.15, 0.2) is 36.7 Å². The van der Waals surface area contributed by atoms with Gasteiger partial charge < -0.3 is 14.8 Å². The van der Waals surface area contributed by atoms with Crippen LogP contribution in [0.1, 0.15) is 29.2 Å². The summed E-state index contributed by atoms with van der Waals surface area (Å²) in [4.78, 5) is 12.7. The van der Waals surface area contributed by atoms with Crippen molar-refractivity contribution in [1.29, 1.82) is 0 Å². The Morgan fingerprint density at radius 1 is 1.13 bits per heavy atom. The minimum Gasteiger partial charge on any atom is -0.493 e. The molecule has 1 N–H and O–H groups in total. The highest BCUT2D eigenvalue weighted by atomic mass is 16.5. The molecule has 0 saturated carbocycles. The number of rotatable bonds is 4. The van der Waals surface area contributed by atoms with Gasteiger partial charge >= 0.3 is 0 Å². The lowest BCUT2D eigenvalue weighted by Crippen LogP contribution is -2.25. The maximum absolute atomic E-state index is 12.7. The van der Waals surface area contributed by atoms with Gasteiger partial charge in [-0.2, -0.15) is 14.3 Å². The Bertz CT molecular complexity index is 1280. The summed E-state index contributed by atoms with van der Waals surface area (Å²) in [5, 5.41) is 20.0. The number of anilines is 1. The van der Waals surface area contributed by atoms with E-state index >= 15 is 0 Å². The number of aromatic nitrogens is 6. The summed E-state index contributed by atoms with van der Waals surface area (Å²) < 4.78 is 14.3. The van der Waals surface area contributed by atoms with E-state index in [1.807, 2.05) is 25.1 Å². The van der Waals surface area contributed by atoms with Gasteiger partial charge in [0, 0.05) is 23.5 Å². The number of fused-ring (bicyclic) bond motifs is 2. The molecule has 0 aliphatic carbocycles. The van der Waals surface area contributed by atoms with E-state index in [9.17, 15) is 4.79 Å². The van der Waals surface area contributed by atoms with E-state index in [-0.39, 0.29) is 18.2 Å². The molecule has 4 heterocycles. The Kier molecular flexibility index (Phi) is 4.12. The molecule has 0 bridgehead atoms. The predicted molar refractivity (Wildman–Crippen MR) is 107 cm³/mol. The van der Waals surface area contributed by atoms with Crippen LogP contribution in [0, 0.1) is 6.92 Å². The monoisotopic (exact) mass is 405 g/mol. The molecule has 0 saturated heterocycles. The summed E-state index contributed by atoms with van der Waals surface area (Å²) in [6.45, 7) is 1.92.